The Balaban J connectivity index is 1.96. The van der Waals surface area contributed by atoms with Crippen molar-refractivity contribution in [2.45, 2.75) is 33.7 Å². The third-order valence-electron chi connectivity index (χ3n) is 3.80. The van der Waals surface area contributed by atoms with E-state index >= 15 is 0 Å². The fourth-order valence-electron chi connectivity index (χ4n) is 2.56. The monoisotopic (exact) mass is 378 g/mol. The molecule has 0 bridgehead atoms. The van der Waals surface area contributed by atoms with Crippen LogP contribution < -0.4 is 5.32 Å². The molecule has 140 valence electrons. The molecule has 2 heterocycles. The average Bonchev–Trinajstić information content (AvgIpc) is 3.21. The lowest BCUT2D eigenvalue weighted by molar-refractivity contribution is -0.124. The molecular weight excluding hydrogens is 356 g/mol. The van der Waals surface area contributed by atoms with Crippen LogP contribution in [0.2, 0.25) is 0 Å². The number of esters is 2. The van der Waals surface area contributed by atoms with Crippen molar-refractivity contribution in [1.82, 2.24) is 10.3 Å². The quantitative estimate of drug-likeness (QED) is 0.722. The molecule has 0 saturated carbocycles. The number of rotatable bonds is 7. The fraction of sp³-hybridized carbons (Fsp3) is 0.389. The van der Waals surface area contributed by atoms with E-state index in [2.05, 4.69) is 10.3 Å². The molecule has 0 aliphatic heterocycles. The molecular formula is C18H22N2O5S. The summed E-state index contributed by atoms with van der Waals surface area (Å²) in [5.74, 6) is -1.59. The van der Waals surface area contributed by atoms with Gasteiger partial charge in [-0.25, -0.2) is 9.59 Å². The van der Waals surface area contributed by atoms with E-state index in [1.807, 2.05) is 24.4 Å². The van der Waals surface area contributed by atoms with Crippen LogP contribution in [0.1, 0.15) is 56.9 Å². The normalized spacial score (nSPS) is 11.7. The van der Waals surface area contributed by atoms with Gasteiger partial charge in [-0.2, -0.15) is 0 Å². The van der Waals surface area contributed by atoms with Gasteiger partial charge >= 0.3 is 11.9 Å². The molecule has 2 rings (SSSR count). The number of aromatic nitrogens is 1. The maximum atomic E-state index is 12.2. The van der Waals surface area contributed by atoms with E-state index in [-0.39, 0.29) is 18.3 Å². The minimum absolute atomic E-state index is 0.143. The fourth-order valence-corrected chi connectivity index (χ4v) is 3.29. The van der Waals surface area contributed by atoms with Gasteiger partial charge in [-0.1, -0.05) is 6.07 Å². The highest BCUT2D eigenvalue weighted by molar-refractivity contribution is 7.10. The van der Waals surface area contributed by atoms with Gasteiger partial charge in [0.05, 0.1) is 18.2 Å². The molecule has 7 nitrogen and oxygen atoms in total. The van der Waals surface area contributed by atoms with Crippen LogP contribution in [0.25, 0.3) is 0 Å². The zero-order chi connectivity index (χ0) is 19.3. The maximum absolute atomic E-state index is 12.2. The smallest absolute Gasteiger partial charge is 0.355 e. The van der Waals surface area contributed by atoms with Gasteiger partial charge in [0.25, 0.3) is 5.91 Å². The minimum Gasteiger partial charge on any atom is -0.462 e. The molecule has 0 spiro atoms. The van der Waals surface area contributed by atoms with Crippen molar-refractivity contribution in [3.8, 4) is 0 Å². The summed E-state index contributed by atoms with van der Waals surface area (Å²) in [5.41, 5.74) is 1.42. The number of hydrogen-bond donors (Lipinski definition) is 2. The van der Waals surface area contributed by atoms with Crippen molar-refractivity contribution in [3.63, 3.8) is 0 Å². The number of ether oxygens (including phenoxy) is 2. The van der Waals surface area contributed by atoms with Crippen LogP contribution in [-0.2, 0) is 14.3 Å². The average molecular weight is 378 g/mol. The second-order valence-electron chi connectivity index (χ2n) is 5.73. The standard InChI is InChI=1S/C18H22N2O5S/c1-5-24-17(22)15-10(2)16(20-12(15)4)18(23)25-9-14(21)19-11(3)13-7-6-8-26-13/h6-8,11,20H,5,9H2,1-4H3,(H,19,21). The summed E-state index contributed by atoms with van der Waals surface area (Å²) in [4.78, 5) is 40.0. The van der Waals surface area contributed by atoms with Crippen molar-refractivity contribution in [1.29, 1.82) is 0 Å². The first-order valence-electron chi connectivity index (χ1n) is 8.21. The second kappa shape index (κ2) is 8.66. The van der Waals surface area contributed by atoms with Crippen LogP contribution in [0.15, 0.2) is 17.5 Å². The largest absolute Gasteiger partial charge is 0.462 e. The van der Waals surface area contributed by atoms with Gasteiger partial charge in [0.15, 0.2) is 6.61 Å². The molecule has 2 aromatic heterocycles. The van der Waals surface area contributed by atoms with Crippen LogP contribution in [0, 0.1) is 13.8 Å². The van der Waals surface area contributed by atoms with Crippen LogP contribution >= 0.6 is 11.3 Å². The number of amides is 1. The summed E-state index contributed by atoms with van der Waals surface area (Å²) < 4.78 is 10.1. The lowest BCUT2D eigenvalue weighted by Crippen LogP contribution is -2.30. The summed E-state index contributed by atoms with van der Waals surface area (Å²) in [6, 6.07) is 3.66. The summed E-state index contributed by atoms with van der Waals surface area (Å²) in [6.07, 6.45) is 0. The highest BCUT2D eigenvalue weighted by Gasteiger charge is 2.24. The Hall–Kier alpha value is -2.61. The van der Waals surface area contributed by atoms with E-state index in [0.29, 0.717) is 16.8 Å². The van der Waals surface area contributed by atoms with Crippen LogP contribution in [0.4, 0.5) is 0 Å². The lowest BCUT2D eigenvalue weighted by Gasteiger charge is -2.12. The molecule has 2 N–H and O–H groups in total. The summed E-state index contributed by atoms with van der Waals surface area (Å²) in [5, 5.41) is 4.69. The van der Waals surface area contributed by atoms with E-state index in [4.69, 9.17) is 9.47 Å². The van der Waals surface area contributed by atoms with E-state index in [9.17, 15) is 14.4 Å². The van der Waals surface area contributed by atoms with E-state index in [0.717, 1.165) is 4.88 Å². The van der Waals surface area contributed by atoms with Gasteiger partial charge in [0.1, 0.15) is 5.69 Å². The van der Waals surface area contributed by atoms with Crippen molar-refractivity contribution >= 4 is 29.2 Å². The summed E-state index contributed by atoms with van der Waals surface area (Å²) in [7, 11) is 0. The van der Waals surface area contributed by atoms with Gasteiger partial charge in [-0.05, 0) is 44.7 Å². The summed E-state index contributed by atoms with van der Waals surface area (Å²) in [6.45, 7) is 6.71. The first-order chi connectivity index (χ1) is 12.3. The topological polar surface area (TPSA) is 97.5 Å². The van der Waals surface area contributed by atoms with Crippen LogP contribution in [0.5, 0.6) is 0 Å². The number of nitrogens with one attached hydrogen (secondary N) is 2. The molecule has 0 aromatic carbocycles. The Morgan fingerprint density at radius 2 is 1.96 bits per heavy atom. The Kier molecular flexibility index (Phi) is 6.57. The Bertz CT molecular complexity index is 795. The zero-order valence-electron chi connectivity index (χ0n) is 15.2. The number of H-pyrrole nitrogens is 1. The molecule has 8 heteroatoms. The minimum atomic E-state index is -0.694. The number of thiophene rings is 1. The molecule has 1 amide bonds. The first-order valence-corrected chi connectivity index (χ1v) is 9.09. The number of carbonyl (C=O) groups excluding carboxylic acids is 3. The van der Waals surface area contributed by atoms with Crippen molar-refractivity contribution in [2.24, 2.45) is 0 Å². The zero-order valence-corrected chi connectivity index (χ0v) is 16.0. The number of hydrogen-bond acceptors (Lipinski definition) is 6. The molecule has 0 aliphatic rings. The molecule has 0 saturated heterocycles. The number of aryl methyl sites for hydroxylation is 1. The highest BCUT2D eigenvalue weighted by Crippen LogP contribution is 2.20. The molecule has 26 heavy (non-hydrogen) atoms. The van der Waals surface area contributed by atoms with E-state index < -0.39 is 24.5 Å². The van der Waals surface area contributed by atoms with Crippen LogP contribution in [-0.4, -0.2) is 36.0 Å². The summed E-state index contributed by atoms with van der Waals surface area (Å²) >= 11 is 1.54. The van der Waals surface area contributed by atoms with Crippen molar-refractivity contribution in [3.05, 3.63) is 44.9 Å². The maximum Gasteiger partial charge on any atom is 0.355 e. The third-order valence-corrected chi connectivity index (χ3v) is 4.86. The number of aromatic amines is 1. The number of carbonyl (C=O) groups is 3. The predicted octanol–water partition coefficient (Wildman–Crippen LogP) is 2.90. The van der Waals surface area contributed by atoms with Gasteiger partial charge in [0.2, 0.25) is 0 Å². The molecule has 2 aromatic rings. The molecule has 0 aliphatic carbocycles. The molecule has 0 radical (unpaired) electrons. The predicted molar refractivity (Wildman–Crippen MR) is 97.4 cm³/mol. The highest BCUT2D eigenvalue weighted by atomic mass is 32.1. The second-order valence-corrected chi connectivity index (χ2v) is 6.71. The van der Waals surface area contributed by atoms with Crippen molar-refractivity contribution < 1.29 is 23.9 Å². The van der Waals surface area contributed by atoms with Gasteiger partial charge in [0, 0.05) is 10.6 Å². The van der Waals surface area contributed by atoms with Crippen molar-refractivity contribution in [2.75, 3.05) is 13.2 Å². The Morgan fingerprint density at radius 3 is 2.58 bits per heavy atom. The van der Waals surface area contributed by atoms with Gasteiger partial charge < -0.3 is 19.8 Å². The SMILES string of the molecule is CCOC(=O)c1c(C)[nH]c(C(=O)OCC(=O)NC(C)c2cccs2)c1C. The molecule has 1 atom stereocenters. The van der Waals surface area contributed by atoms with Crippen LogP contribution in [0.3, 0.4) is 0 Å². The Morgan fingerprint density at radius 1 is 1.23 bits per heavy atom. The molecule has 1 unspecified atom stereocenters. The Labute approximate surface area is 155 Å². The van der Waals surface area contributed by atoms with Gasteiger partial charge in [-0.3, -0.25) is 4.79 Å². The lowest BCUT2D eigenvalue weighted by atomic mass is 10.1. The molecule has 0 fully saturated rings. The van der Waals surface area contributed by atoms with E-state index in [1.165, 1.54) is 11.3 Å². The first kappa shape index (κ1) is 19.7. The third kappa shape index (κ3) is 4.51. The van der Waals surface area contributed by atoms with E-state index in [1.54, 1.807) is 20.8 Å². The van der Waals surface area contributed by atoms with Gasteiger partial charge in [-0.15, -0.1) is 11.3 Å².